The van der Waals surface area contributed by atoms with Gasteiger partial charge >= 0.3 is 5.69 Å². The van der Waals surface area contributed by atoms with Crippen molar-refractivity contribution in [3.63, 3.8) is 0 Å². The number of fused-ring (bicyclic) bond motifs is 1. The minimum absolute atomic E-state index is 0. The van der Waals surface area contributed by atoms with Crippen LogP contribution in [0.1, 0.15) is 0 Å². The lowest BCUT2D eigenvalue weighted by Crippen LogP contribution is -2.37. The van der Waals surface area contributed by atoms with Crippen molar-refractivity contribution in [3.05, 3.63) is 27.2 Å². The molecule has 9 heteroatoms. The number of rotatable bonds is 4. The second-order valence-electron chi connectivity index (χ2n) is 4.80. The lowest BCUT2D eigenvalue weighted by atomic mass is 10.5. The van der Waals surface area contributed by atoms with E-state index in [1.54, 1.807) is 24.3 Å². The van der Waals surface area contributed by atoms with E-state index in [0.29, 0.717) is 24.3 Å². The largest absolute Gasteiger partial charge is 0.369 e. The molecule has 21 heavy (non-hydrogen) atoms. The number of halogens is 1. The topological polar surface area (TPSA) is 77.4 Å². The molecule has 0 aliphatic rings. The van der Waals surface area contributed by atoms with Crippen molar-refractivity contribution >= 4 is 29.9 Å². The normalized spacial score (nSPS) is 11.0. The Labute approximate surface area is 127 Å². The van der Waals surface area contributed by atoms with Crippen LogP contribution in [-0.4, -0.2) is 50.6 Å². The second-order valence-corrected chi connectivity index (χ2v) is 4.80. The SMILES string of the molecule is CN(C)C=NCCn1cnc2c1c(=O)n(C)c(=O)n2C.Cl. The highest BCUT2D eigenvalue weighted by molar-refractivity contribution is 5.85. The molecule has 0 aliphatic heterocycles. The molecule has 2 aromatic rings. The zero-order valence-corrected chi connectivity index (χ0v) is 13.3. The molecular formula is C12H19ClN6O2. The van der Waals surface area contributed by atoms with Crippen LogP contribution in [0.2, 0.25) is 0 Å². The first-order valence-electron chi connectivity index (χ1n) is 6.20. The van der Waals surface area contributed by atoms with Gasteiger partial charge in [0.2, 0.25) is 0 Å². The molecule has 0 saturated carbocycles. The fourth-order valence-electron chi connectivity index (χ4n) is 1.95. The third kappa shape index (κ3) is 3.15. The molecule has 0 bridgehead atoms. The smallest absolute Gasteiger partial charge is 0.332 e. The summed E-state index contributed by atoms with van der Waals surface area (Å²) in [4.78, 5) is 34.2. The van der Waals surface area contributed by atoms with Crippen LogP contribution in [0.4, 0.5) is 0 Å². The molecule has 0 unspecified atom stereocenters. The van der Waals surface area contributed by atoms with Crippen LogP contribution in [-0.2, 0) is 20.6 Å². The lowest BCUT2D eigenvalue weighted by Gasteiger charge is -2.06. The highest BCUT2D eigenvalue weighted by atomic mass is 35.5. The Kier molecular flexibility index (Phi) is 5.31. The Morgan fingerprint density at radius 2 is 1.95 bits per heavy atom. The Hall–Kier alpha value is -2.09. The summed E-state index contributed by atoms with van der Waals surface area (Å²) >= 11 is 0. The van der Waals surface area contributed by atoms with Gasteiger partial charge in [-0.05, 0) is 0 Å². The van der Waals surface area contributed by atoms with E-state index < -0.39 is 0 Å². The molecule has 2 aromatic heterocycles. The average molecular weight is 315 g/mol. The van der Waals surface area contributed by atoms with Crippen LogP contribution >= 0.6 is 12.4 Å². The first kappa shape index (κ1) is 17.0. The van der Waals surface area contributed by atoms with E-state index in [4.69, 9.17) is 0 Å². The van der Waals surface area contributed by atoms with Gasteiger partial charge in [-0.25, -0.2) is 9.78 Å². The summed E-state index contributed by atoms with van der Waals surface area (Å²) in [6.45, 7) is 1.07. The maximum atomic E-state index is 12.2. The standard InChI is InChI=1S/C12H18N6O2.ClH/c1-15(2)7-13-5-6-18-8-14-10-9(18)11(19)17(4)12(20)16(10)3;/h7-8H,5-6H2,1-4H3;1H. The number of aryl methyl sites for hydroxylation is 1. The van der Waals surface area contributed by atoms with E-state index in [1.807, 2.05) is 19.0 Å². The van der Waals surface area contributed by atoms with Crippen LogP contribution in [0, 0.1) is 0 Å². The maximum Gasteiger partial charge on any atom is 0.332 e. The molecule has 0 radical (unpaired) electrons. The van der Waals surface area contributed by atoms with E-state index in [0.717, 1.165) is 4.57 Å². The van der Waals surface area contributed by atoms with E-state index >= 15 is 0 Å². The summed E-state index contributed by atoms with van der Waals surface area (Å²) in [5.41, 5.74) is 0.111. The summed E-state index contributed by atoms with van der Waals surface area (Å²) in [5, 5.41) is 0. The van der Waals surface area contributed by atoms with Gasteiger partial charge in [-0.1, -0.05) is 0 Å². The Morgan fingerprint density at radius 1 is 1.29 bits per heavy atom. The highest BCUT2D eigenvalue weighted by Crippen LogP contribution is 2.04. The van der Waals surface area contributed by atoms with Gasteiger partial charge in [-0.3, -0.25) is 18.9 Å². The Bertz CT molecular complexity index is 770. The van der Waals surface area contributed by atoms with E-state index in [1.165, 1.54) is 11.6 Å². The van der Waals surface area contributed by atoms with Crippen LogP contribution in [0.15, 0.2) is 20.9 Å². The third-order valence-corrected chi connectivity index (χ3v) is 3.00. The molecule has 0 amide bonds. The average Bonchev–Trinajstić information content (AvgIpc) is 2.82. The van der Waals surface area contributed by atoms with E-state index in [-0.39, 0.29) is 23.7 Å². The lowest BCUT2D eigenvalue weighted by molar-refractivity contribution is 0.632. The zero-order chi connectivity index (χ0) is 14.9. The van der Waals surface area contributed by atoms with Gasteiger partial charge in [-0.15, -0.1) is 12.4 Å². The quantitative estimate of drug-likeness (QED) is 0.560. The number of aromatic nitrogens is 4. The van der Waals surface area contributed by atoms with Crippen molar-refractivity contribution in [1.82, 2.24) is 23.6 Å². The minimum Gasteiger partial charge on any atom is -0.369 e. The van der Waals surface area contributed by atoms with Crippen molar-refractivity contribution in [2.24, 2.45) is 19.1 Å². The fourth-order valence-corrected chi connectivity index (χ4v) is 1.95. The number of hydrogen-bond donors (Lipinski definition) is 0. The molecule has 116 valence electrons. The molecule has 2 heterocycles. The van der Waals surface area contributed by atoms with E-state index in [2.05, 4.69) is 9.98 Å². The summed E-state index contributed by atoms with van der Waals surface area (Å²) in [7, 11) is 6.85. The van der Waals surface area contributed by atoms with Crippen molar-refractivity contribution in [3.8, 4) is 0 Å². The molecule has 0 N–H and O–H groups in total. The van der Waals surface area contributed by atoms with Gasteiger partial charge < -0.3 is 9.47 Å². The molecule has 8 nitrogen and oxygen atoms in total. The van der Waals surface area contributed by atoms with E-state index in [9.17, 15) is 9.59 Å². The van der Waals surface area contributed by atoms with Crippen molar-refractivity contribution < 1.29 is 0 Å². The first-order chi connectivity index (χ1) is 9.43. The van der Waals surface area contributed by atoms with Crippen LogP contribution < -0.4 is 11.2 Å². The highest BCUT2D eigenvalue weighted by Gasteiger charge is 2.13. The molecular weight excluding hydrogens is 296 g/mol. The number of imidazole rings is 1. The maximum absolute atomic E-state index is 12.2. The number of nitrogens with zero attached hydrogens (tertiary/aromatic N) is 6. The summed E-state index contributed by atoms with van der Waals surface area (Å²) in [6.07, 6.45) is 3.28. The molecule has 0 saturated heterocycles. The summed E-state index contributed by atoms with van der Waals surface area (Å²) in [5.74, 6) is 0. The van der Waals surface area contributed by atoms with Gasteiger partial charge in [0.15, 0.2) is 11.2 Å². The zero-order valence-electron chi connectivity index (χ0n) is 12.5. The Balaban J connectivity index is 0.00000220. The molecule has 2 rings (SSSR count). The van der Waals surface area contributed by atoms with Crippen LogP contribution in [0.5, 0.6) is 0 Å². The van der Waals surface area contributed by atoms with Crippen LogP contribution in [0.25, 0.3) is 11.2 Å². The fraction of sp³-hybridized carbons (Fsp3) is 0.500. The van der Waals surface area contributed by atoms with Crippen molar-refractivity contribution in [1.29, 1.82) is 0 Å². The molecule has 0 fully saturated rings. The number of hydrogen-bond acceptors (Lipinski definition) is 4. The van der Waals surface area contributed by atoms with Crippen molar-refractivity contribution in [2.45, 2.75) is 6.54 Å². The van der Waals surface area contributed by atoms with Crippen LogP contribution in [0.3, 0.4) is 0 Å². The minimum atomic E-state index is -0.377. The summed E-state index contributed by atoms with van der Waals surface area (Å²) < 4.78 is 4.18. The van der Waals surface area contributed by atoms with Gasteiger partial charge in [0, 0.05) is 34.7 Å². The monoisotopic (exact) mass is 314 g/mol. The Morgan fingerprint density at radius 3 is 2.57 bits per heavy atom. The molecule has 0 aliphatic carbocycles. The second kappa shape index (κ2) is 6.57. The van der Waals surface area contributed by atoms with Gasteiger partial charge in [0.1, 0.15) is 0 Å². The first-order valence-corrected chi connectivity index (χ1v) is 6.20. The number of aliphatic imine (C=N–C) groups is 1. The predicted molar refractivity (Wildman–Crippen MR) is 84.5 cm³/mol. The van der Waals surface area contributed by atoms with Crippen molar-refractivity contribution in [2.75, 3.05) is 20.6 Å². The molecule has 0 atom stereocenters. The third-order valence-electron chi connectivity index (χ3n) is 3.00. The summed E-state index contributed by atoms with van der Waals surface area (Å²) in [6, 6.07) is 0. The molecule has 0 aromatic carbocycles. The van der Waals surface area contributed by atoms with Gasteiger partial charge in [-0.2, -0.15) is 0 Å². The molecule has 0 spiro atoms. The van der Waals surface area contributed by atoms with Gasteiger partial charge in [0.25, 0.3) is 5.56 Å². The predicted octanol–water partition coefficient (Wildman–Crippen LogP) is -0.555. The van der Waals surface area contributed by atoms with Gasteiger partial charge in [0.05, 0.1) is 19.2 Å².